The number of nitrogens with one attached hydrogen (secondary N) is 3. The second-order valence-electron chi connectivity index (χ2n) is 10.8. The zero-order chi connectivity index (χ0) is 31.2. The molecule has 11 nitrogen and oxygen atoms in total. The Morgan fingerprint density at radius 1 is 0.930 bits per heavy atom. The van der Waals surface area contributed by atoms with Gasteiger partial charge in [0.15, 0.2) is 0 Å². The molecule has 0 aliphatic heterocycles. The van der Waals surface area contributed by atoms with Crippen molar-refractivity contribution in [3.05, 3.63) is 78.8 Å². The lowest BCUT2D eigenvalue weighted by molar-refractivity contribution is 0.130. The fraction of sp³-hybridized carbons (Fsp3) is 0.267. The molecule has 13 heteroatoms. The minimum Gasteiger partial charge on any atom is -0.447 e. The first-order chi connectivity index (χ1) is 20.3. The number of pyridine rings is 1. The lowest BCUT2D eigenvalue weighted by Gasteiger charge is -2.22. The van der Waals surface area contributed by atoms with Crippen LogP contribution in [0.3, 0.4) is 0 Å². The second-order valence-corrected chi connectivity index (χ2v) is 13.5. The SMILES string of the molecule is CC(C)OC(=O)Nc1ccc(-c2ncc(-c3ccc(NC(=O)OCc4ccccn4)cc3S(=O)(=O)NC(C)(C)C)s2)cc1. The number of nitrogens with zero attached hydrogens (tertiary/aromatic N) is 2. The molecular formula is C30H33N5O6S2. The summed E-state index contributed by atoms with van der Waals surface area (Å²) in [6.45, 7) is 8.72. The third-order valence-electron chi connectivity index (χ3n) is 5.53. The highest BCUT2D eigenvalue weighted by Crippen LogP contribution is 2.37. The maximum absolute atomic E-state index is 13.5. The van der Waals surface area contributed by atoms with Crippen molar-refractivity contribution in [3.8, 4) is 21.0 Å². The van der Waals surface area contributed by atoms with Gasteiger partial charge in [-0.15, -0.1) is 11.3 Å². The predicted octanol–water partition coefficient (Wildman–Crippen LogP) is 6.65. The standard InChI is InChI=1S/C30H33N5O6S2/c1-19(2)41-29(37)33-21-11-9-20(10-12-21)27-32-17-25(42-27)24-14-13-22(16-26(24)43(38,39)35-30(3,4)5)34-28(36)40-18-23-8-6-7-15-31-23/h6-17,19,35H,18H2,1-5H3,(H,33,37)(H,34,36). The van der Waals surface area contributed by atoms with Crippen molar-refractivity contribution in [2.45, 2.75) is 57.8 Å². The molecule has 0 saturated heterocycles. The summed E-state index contributed by atoms with van der Waals surface area (Å²) in [5.74, 6) is 0. The Labute approximate surface area is 254 Å². The van der Waals surface area contributed by atoms with Gasteiger partial charge >= 0.3 is 12.2 Å². The summed E-state index contributed by atoms with van der Waals surface area (Å²) in [5, 5.41) is 5.91. The average Bonchev–Trinajstić information content (AvgIpc) is 3.41. The van der Waals surface area contributed by atoms with E-state index in [4.69, 9.17) is 9.47 Å². The Kier molecular flexibility index (Phi) is 9.79. The molecule has 0 atom stereocenters. The summed E-state index contributed by atoms with van der Waals surface area (Å²) < 4.78 is 40.1. The molecule has 0 unspecified atom stereocenters. The molecule has 0 bridgehead atoms. The van der Waals surface area contributed by atoms with Crippen LogP contribution >= 0.6 is 11.3 Å². The highest BCUT2D eigenvalue weighted by Gasteiger charge is 2.27. The van der Waals surface area contributed by atoms with Crippen LogP contribution in [0, 0.1) is 0 Å². The molecule has 0 saturated carbocycles. The van der Waals surface area contributed by atoms with E-state index >= 15 is 0 Å². The topological polar surface area (TPSA) is 149 Å². The van der Waals surface area contributed by atoms with Crippen LogP contribution < -0.4 is 15.4 Å². The smallest absolute Gasteiger partial charge is 0.412 e. The Morgan fingerprint density at radius 3 is 2.28 bits per heavy atom. The van der Waals surface area contributed by atoms with Crippen LogP contribution in [-0.2, 0) is 26.1 Å². The Morgan fingerprint density at radius 2 is 1.63 bits per heavy atom. The predicted molar refractivity (Wildman–Crippen MR) is 166 cm³/mol. The molecule has 0 spiro atoms. The minimum absolute atomic E-state index is 0.0247. The van der Waals surface area contributed by atoms with Crippen molar-refractivity contribution < 1.29 is 27.5 Å². The zero-order valence-corrected chi connectivity index (χ0v) is 26.0. The van der Waals surface area contributed by atoms with Gasteiger partial charge in [-0.05, 0) is 83.1 Å². The van der Waals surface area contributed by atoms with Gasteiger partial charge in [0, 0.05) is 40.4 Å². The summed E-state index contributed by atoms with van der Waals surface area (Å²) in [7, 11) is -4.02. The number of benzene rings is 2. The van der Waals surface area contributed by atoms with E-state index < -0.39 is 27.7 Å². The van der Waals surface area contributed by atoms with Crippen molar-refractivity contribution in [1.29, 1.82) is 0 Å². The first-order valence-corrected chi connectivity index (χ1v) is 15.6. The van der Waals surface area contributed by atoms with Gasteiger partial charge in [-0.25, -0.2) is 27.7 Å². The first-order valence-electron chi connectivity index (χ1n) is 13.3. The number of carbonyl (C=O) groups is 2. The molecule has 3 N–H and O–H groups in total. The van der Waals surface area contributed by atoms with E-state index in [9.17, 15) is 18.0 Å². The van der Waals surface area contributed by atoms with Crippen molar-refractivity contribution >= 4 is 44.9 Å². The third-order valence-corrected chi connectivity index (χ3v) is 8.41. The highest BCUT2D eigenvalue weighted by molar-refractivity contribution is 7.89. The van der Waals surface area contributed by atoms with E-state index in [1.807, 2.05) is 0 Å². The van der Waals surface area contributed by atoms with Gasteiger partial charge in [0.05, 0.1) is 21.6 Å². The van der Waals surface area contributed by atoms with E-state index in [0.717, 1.165) is 5.56 Å². The summed E-state index contributed by atoms with van der Waals surface area (Å²) >= 11 is 1.31. The molecule has 0 fully saturated rings. The van der Waals surface area contributed by atoms with Gasteiger partial charge in [0.25, 0.3) is 0 Å². The zero-order valence-electron chi connectivity index (χ0n) is 24.4. The summed E-state index contributed by atoms with van der Waals surface area (Å²) in [6, 6.07) is 16.9. The normalized spacial score (nSPS) is 11.7. The minimum atomic E-state index is -4.02. The molecule has 0 radical (unpaired) electrons. The molecule has 4 rings (SSSR count). The summed E-state index contributed by atoms with van der Waals surface area (Å²) in [5.41, 5.74) is 1.83. The largest absolute Gasteiger partial charge is 0.447 e. The van der Waals surface area contributed by atoms with Gasteiger partial charge < -0.3 is 9.47 Å². The van der Waals surface area contributed by atoms with Crippen molar-refractivity contribution in [2.75, 3.05) is 10.6 Å². The number of amides is 2. The molecule has 0 aliphatic rings. The number of hydrogen-bond acceptors (Lipinski definition) is 9. The number of aromatic nitrogens is 2. The molecule has 226 valence electrons. The molecule has 2 heterocycles. The van der Waals surface area contributed by atoms with Gasteiger partial charge in [-0.2, -0.15) is 0 Å². The number of ether oxygens (including phenoxy) is 2. The van der Waals surface area contributed by atoms with E-state index in [1.54, 1.807) is 102 Å². The Hall–Kier alpha value is -4.33. The van der Waals surface area contributed by atoms with Crippen LogP contribution in [-0.4, -0.2) is 42.2 Å². The highest BCUT2D eigenvalue weighted by atomic mass is 32.2. The van der Waals surface area contributed by atoms with Crippen molar-refractivity contribution in [2.24, 2.45) is 0 Å². The van der Waals surface area contributed by atoms with Crippen molar-refractivity contribution in [3.63, 3.8) is 0 Å². The van der Waals surface area contributed by atoms with Gasteiger partial charge in [-0.3, -0.25) is 15.6 Å². The number of carbonyl (C=O) groups excluding carboxylic acids is 2. The number of hydrogen-bond donors (Lipinski definition) is 3. The Bertz CT molecular complexity index is 1680. The average molecular weight is 624 g/mol. The van der Waals surface area contributed by atoms with Gasteiger partial charge in [-0.1, -0.05) is 12.1 Å². The number of sulfonamides is 1. The third kappa shape index (κ3) is 9.08. The molecule has 2 aromatic heterocycles. The van der Waals surface area contributed by atoms with Crippen LogP contribution in [0.2, 0.25) is 0 Å². The van der Waals surface area contributed by atoms with Crippen molar-refractivity contribution in [1.82, 2.24) is 14.7 Å². The van der Waals surface area contributed by atoms with Crippen LogP contribution in [0.15, 0.2) is 78.0 Å². The Balaban J connectivity index is 1.58. The lowest BCUT2D eigenvalue weighted by Crippen LogP contribution is -2.40. The van der Waals surface area contributed by atoms with Crippen LogP contribution in [0.25, 0.3) is 21.0 Å². The second kappa shape index (κ2) is 13.3. The summed E-state index contributed by atoms with van der Waals surface area (Å²) in [6.07, 6.45) is 1.66. The van der Waals surface area contributed by atoms with E-state index in [2.05, 4.69) is 25.3 Å². The molecule has 4 aromatic rings. The summed E-state index contributed by atoms with van der Waals surface area (Å²) in [4.78, 5) is 33.5. The number of thiazole rings is 1. The number of rotatable bonds is 9. The van der Waals surface area contributed by atoms with Crippen LogP contribution in [0.5, 0.6) is 0 Å². The molecular weight excluding hydrogens is 590 g/mol. The van der Waals surface area contributed by atoms with E-state index in [1.165, 1.54) is 17.4 Å². The maximum atomic E-state index is 13.5. The monoisotopic (exact) mass is 623 g/mol. The fourth-order valence-corrected chi connectivity index (χ4v) is 6.54. The first kappa shape index (κ1) is 31.6. The van der Waals surface area contributed by atoms with Gasteiger partial charge in [0.2, 0.25) is 10.0 Å². The molecule has 0 aliphatic carbocycles. The molecule has 2 amide bonds. The molecule has 43 heavy (non-hydrogen) atoms. The number of anilines is 2. The lowest BCUT2D eigenvalue weighted by atomic mass is 10.1. The fourth-order valence-electron chi connectivity index (χ4n) is 3.85. The van der Waals surface area contributed by atoms with Crippen LogP contribution in [0.4, 0.5) is 21.0 Å². The molecule has 2 aromatic carbocycles. The van der Waals surface area contributed by atoms with E-state index in [0.29, 0.717) is 26.8 Å². The quantitative estimate of drug-likeness (QED) is 0.188. The van der Waals surface area contributed by atoms with Crippen LogP contribution in [0.1, 0.15) is 40.3 Å². The van der Waals surface area contributed by atoms with Gasteiger partial charge in [0.1, 0.15) is 11.6 Å². The maximum Gasteiger partial charge on any atom is 0.412 e. The van der Waals surface area contributed by atoms with E-state index in [-0.39, 0.29) is 23.3 Å².